The molecule has 0 bridgehead atoms. The Morgan fingerprint density at radius 3 is 2.73 bits per heavy atom. The van der Waals surface area contributed by atoms with Crippen LogP contribution < -0.4 is 10.5 Å². The van der Waals surface area contributed by atoms with Gasteiger partial charge in [0.15, 0.2) is 9.84 Å². The smallest absolute Gasteiger partial charge is 0.181 e. The zero-order valence-corrected chi connectivity index (χ0v) is 19.9. The fourth-order valence-electron chi connectivity index (χ4n) is 4.52. The maximum Gasteiger partial charge on any atom is 0.181 e. The van der Waals surface area contributed by atoms with Crippen LogP contribution in [0.4, 0.5) is 0 Å². The lowest BCUT2D eigenvalue weighted by Crippen LogP contribution is -2.07. The van der Waals surface area contributed by atoms with Crippen molar-refractivity contribution >= 4 is 31.8 Å². The van der Waals surface area contributed by atoms with Crippen LogP contribution in [0.15, 0.2) is 53.6 Å². The van der Waals surface area contributed by atoms with Crippen LogP contribution in [0, 0.1) is 6.92 Å². The molecule has 0 aliphatic heterocycles. The lowest BCUT2D eigenvalue weighted by molar-refractivity contribution is 0.316. The molecule has 1 fully saturated rings. The molecule has 0 saturated heterocycles. The lowest BCUT2D eigenvalue weighted by Gasteiger charge is -2.13. The minimum atomic E-state index is -3.28. The zero-order valence-electron chi connectivity index (χ0n) is 19.0. The van der Waals surface area contributed by atoms with Gasteiger partial charge in [0.1, 0.15) is 11.4 Å². The predicted octanol–water partition coefficient (Wildman–Crippen LogP) is 4.85. The Bertz CT molecular complexity index is 1450. The first-order valence-electron chi connectivity index (χ1n) is 11.5. The molecule has 0 atom stereocenters. The summed E-state index contributed by atoms with van der Waals surface area (Å²) in [5.41, 5.74) is 10.5. The monoisotopic (exact) mass is 463 g/mol. The van der Waals surface area contributed by atoms with Crippen LogP contribution in [0.5, 0.6) is 5.75 Å². The molecule has 0 amide bonds. The number of fused-ring (bicyclic) bond motifs is 3. The minimum Gasteiger partial charge on any atom is -0.491 e. The lowest BCUT2D eigenvalue weighted by atomic mass is 9.99. The number of sulfone groups is 1. The fraction of sp³-hybridized carbons (Fsp3) is 0.346. The molecule has 0 spiro atoms. The molecule has 6 nitrogen and oxygen atoms in total. The van der Waals surface area contributed by atoms with Crippen LogP contribution in [-0.4, -0.2) is 36.4 Å². The van der Waals surface area contributed by atoms with Gasteiger partial charge in [0, 0.05) is 23.5 Å². The standard InChI is InChI=1S/C26H29N3O3S/c1-3-29-25-23(32-13-5-12-27)11-10-21(24(25)22-14-17(2)16-28-26(22)29)18-6-4-7-20(15-18)33(30,31)19-8-9-19/h4,6-7,10-11,14-16,19H,3,5,8-9,12-13,27H2,1-2H3. The average Bonchev–Trinajstić information content (AvgIpc) is 3.63. The number of aryl methyl sites for hydroxylation is 2. The van der Waals surface area contributed by atoms with Gasteiger partial charge in [-0.25, -0.2) is 13.4 Å². The summed E-state index contributed by atoms with van der Waals surface area (Å²) >= 11 is 0. The van der Waals surface area contributed by atoms with E-state index in [0.717, 1.165) is 70.2 Å². The van der Waals surface area contributed by atoms with Crippen molar-refractivity contribution in [2.24, 2.45) is 5.73 Å². The predicted molar refractivity (Wildman–Crippen MR) is 132 cm³/mol. The normalized spacial score (nSPS) is 14.3. The Hall–Kier alpha value is -2.90. The van der Waals surface area contributed by atoms with E-state index in [9.17, 15) is 8.42 Å². The maximum atomic E-state index is 12.9. The van der Waals surface area contributed by atoms with Gasteiger partial charge in [0.05, 0.1) is 22.3 Å². The number of benzene rings is 2. The van der Waals surface area contributed by atoms with Crippen molar-refractivity contribution in [3.63, 3.8) is 0 Å². The molecule has 1 saturated carbocycles. The second-order valence-corrected chi connectivity index (χ2v) is 11.0. The first kappa shape index (κ1) is 21.9. The summed E-state index contributed by atoms with van der Waals surface area (Å²) in [6.45, 7) is 5.98. The molecule has 4 aromatic rings. The van der Waals surface area contributed by atoms with Gasteiger partial charge in [-0.3, -0.25) is 0 Å². The second kappa shape index (κ2) is 8.47. The summed E-state index contributed by atoms with van der Waals surface area (Å²) in [4.78, 5) is 5.14. The summed E-state index contributed by atoms with van der Waals surface area (Å²) in [6.07, 6.45) is 4.15. The summed E-state index contributed by atoms with van der Waals surface area (Å²) in [7, 11) is -3.28. The highest BCUT2D eigenvalue weighted by atomic mass is 32.2. The van der Waals surface area contributed by atoms with E-state index in [1.54, 1.807) is 6.07 Å². The molecule has 0 unspecified atom stereocenters. The van der Waals surface area contributed by atoms with Crippen molar-refractivity contribution in [2.45, 2.75) is 49.8 Å². The van der Waals surface area contributed by atoms with E-state index in [0.29, 0.717) is 18.0 Å². The molecule has 1 aliphatic rings. The van der Waals surface area contributed by atoms with Crippen molar-refractivity contribution in [1.82, 2.24) is 9.55 Å². The molecule has 33 heavy (non-hydrogen) atoms. The highest BCUT2D eigenvalue weighted by Gasteiger charge is 2.37. The number of rotatable bonds is 8. The molecule has 172 valence electrons. The van der Waals surface area contributed by atoms with Gasteiger partial charge in [-0.15, -0.1) is 0 Å². The second-order valence-electron chi connectivity index (χ2n) is 8.73. The van der Waals surface area contributed by atoms with E-state index >= 15 is 0 Å². The number of ether oxygens (including phenoxy) is 1. The Kier molecular flexibility index (Phi) is 5.62. The van der Waals surface area contributed by atoms with E-state index in [4.69, 9.17) is 15.5 Å². The summed E-state index contributed by atoms with van der Waals surface area (Å²) in [5, 5.41) is 1.84. The van der Waals surface area contributed by atoms with Gasteiger partial charge < -0.3 is 15.0 Å². The highest BCUT2D eigenvalue weighted by molar-refractivity contribution is 7.92. The quantitative estimate of drug-likeness (QED) is 0.378. The molecule has 5 rings (SSSR count). The molecule has 2 N–H and O–H groups in total. The third kappa shape index (κ3) is 3.79. The Morgan fingerprint density at radius 1 is 1.18 bits per heavy atom. The largest absolute Gasteiger partial charge is 0.491 e. The minimum absolute atomic E-state index is 0.236. The van der Waals surface area contributed by atoms with Crippen LogP contribution >= 0.6 is 0 Å². The van der Waals surface area contributed by atoms with E-state index in [1.165, 1.54) is 0 Å². The third-order valence-corrected chi connectivity index (χ3v) is 8.56. The molecule has 2 aromatic heterocycles. The summed E-state index contributed by atoms with van der Waals surface area (Å²) < 4.78 is 34.1. The molecular weight excluding hydrogens is 434 g/mol. The van der Waals surface area contributed by atoms with Gasteiger partial charge in [-0.2, -0.15) is 0 Å². The van der Waals surface area contributed by atoms with Crippen molar-refractivity contribution in [1.29, 1.82) is 0 Å². The zero-order chi connectivity index (χ0) is 23.2. The van der Waals surface area contributed by atoms with E-state index < -0.39 is 9.84 Å². The van der Waals surface area contributed by atoms with Crippen LogP contribution in [0.2, 0.25) is 0 Å². The Balaban J connectivity index is 1.78. The van der Waals surface area contributed by atoms with E-state index in [2.05, 4.69) is 17.6 Å². The highest BCUT2D eigenvalue weighted by Crippen LogP contribution is 2.42. The molecule has 2 heterocycles. The Morgan fingerprint density at radius 2 is 2.00 bits per heavy atom. The maximum absolute atomic E-state index is 12.9. The number of nitrogens with two attached hydrogens (primary N) is 1. The summed E-state index contributed by atoms with van der Waals surface area (Å²) in [5.74, 6) is 0.793. The van der Waals surface area contributed by atoms with Gasteiger partial charge in [-0.05, 0) is 86.7 Å². The van der Waals surface area contributed by atoms with Crippen LogP contribution in [0.3, 0.4) is 0 Å². The molecule has 2 aromatic carbocycles. The average molecular weight is 464 g/mol. The number of hydrogen-bond donors (Lipinski definition) is 1. The number of aromatic nitrogens is 2. The summed E-state index contributed by atoms with van der Waals surface area (Å²) in [6, 6.07) is 13.5. The van der Waals surface area contributed by atoms with Crippen molar-refractivity contribution in [3.05, 3.63) is 54.2 Å². The topological polar surface area (TPSA) is 87.2 Å². The SMILES string of the molecule is CCn1c2ncc(C)cc2c2c(-c3cccc(S(=O)(=O)C4CC4)c3)ccc(OCCCN)c21. The van der Waals surface area contributed by atoms with Crippen LogP contribution in [-0.2, 0) is 16.4 Å². The first-order chi connectivity index (χ1) is 16.0. The number of hydrogen-bond acceptors (Lipinski definition) is 5. The van der Waals surface area contributed by atoms with Crippen molar-refractivity contribution < 1.29 is 13.2 Å². The molecule has 7 heteroatoms. The van der Waals surface area contributed by atoms with E-state index in [-0.39, 0.29) is 5.25 Å². The molecule has 1 aliphatic carbocycles. The van der Waals surface area contributed by atoms with Crippen LogP contribution in [0.1, 0.15) is 31.7 Å². The van der Waals surface area contributed by atoms with Crippen molar-refractivity contribution in [2.75, 3.05) is 13.2 Å². The van der Waals surface area contributed by atoms with E-state index in [1.807, 2.05) is 43.5 Å². The van der Waals surface area contributed by atoms with Crippen molar-refractivity contribution in [3.8, 4) is 16.9 Å². The fourth-order valence-corrected chi connectivity index (χ4v) is 6.22. The molecular formula is C26H29N3O3S. The van der Waals surface area contributed by atoms with Gasteiger partial charge in [0.25, 0.3) is 0 Å². The third-order valence-electron chi connectivity index (χ3n) is 6.30. The van der Waals surface area contributed by atoms with Gasteiger partial charge in [0.2, 0.25) is 0 Å². The first-order valence-corrected chi connectivity index (χ1v) is 13.1. The number of nitrogens with zero attached hydrogens (tertiary/aromatic N) is 2. The Labute approximate surface area is 194 Å². The van der Waals surface area contributed by atoms with Gasteiger partial charge in [-0.1, -0.05) is 12.1 Å². The van der Waals surface area contributed by atoms with Gasteiger partial charge >= 0.3 is 0 Å². The molecule has 0 radical (unpaired) electrons. The van der Waals surface area contributed by atoms with Crippen LogP contribution in [0.25, 0.3) is 33.1 Å². The number of pyridine rings is 1.